The van der Waals surface area contributed by atoms with Crippen LogP contribution in [0, 0.1) is 19.8 Å². The van der Waals surface area contributed by atoms with E-state index in [2.05, 4.69) is 5.10 Å². The number of hydrogen-bond acceptors (Lipinski definition) is 3. The zero-order valence-corrected chi connectivity index (χ0v) is 12.9. The Hall–Kier alpha value is -1.85. The van der Waals surface area contributed by atoms with Crippen LogP contribution in [0.4, 0.5) is 0 Å². The molecule has 1 aliphatic rings. The molecular weight excluding hydrogens is 270 g/mol. The van der Waals surface area contributed by atoms with Gasteiger partial charge in [-0.3, -0.25) is 14.3 Å². The molecule has 0 radical (unpaired) electrons. The number of rotatable bonds is 4. The zero-order valence-electron chi connectivity index (χ0n) is 12.9. The Morgan fingerprint density at radius 3 is 2.76 bits per heavy atom. The van der Waals surface area contributed by atoms with E-state index in [-0.39, 0.29) is 11.9 Å². The molecule has 1 unspecified atom stereocenters. The van der Waals surface area contributed by atoms with Gasteiger partial charge in [0.2, 0.25) is 5.91 Å². The van der Waals surface area contributed by atoms with Gasteiger partial charge in [0.15, 0.2) is 0 Å². The maximum Gasteiger partial charge on any atom is 0.308 e. The zero-order chi connectivity index (χ0) is 15.6. The van der Waals surface area contributed by atoms with Gasteiger partial charge in [-0.1, -0.05) is 0 Å². The normalized spacial score (nSPS) is 20.3. The van der Waals surface area contributed by atoms with Crippen molar-refractivity contribution in [2.24, 2.45) is 5.92 Å². The summed E-state index contributed by atoms with van der Waals surface area (Å²) < 4.78 is 1.87. The molecule has 1 saturated heterocycles. The summed E-state index contributed by atoms with van der Waals surface area (Å²) in [6.45, 7) is 6.86. The van der Waals surface area contributed by atoms with Crippen molar-refractivity contribution in [3.63, 3.8) is 0 Å². The van der Waals surface area contributed by atoms with Crippen LogP contribution in [0.3, 0.4) is 0 Å². The number of likely N-dealkylation sites (tertiary alicyclic amines) is 1. The van der Waals surface area contributed by atoms with Crippen molar-refractivity contribution in [2.75, 3.05) is 13.1 Å². The topological polar surface area (TPSA) is 75.4 Å². The number of nitrogens with zero attached hydrogens (tertiary/aromatic N) is 3. The van der Waals surface area contributed by atoms with Crippen molar-refractivity contribution in [1.82, 2.24) is 14.7 Å². The second-order valence-corrected chi connectivity index (χ2v) is 5.94. The van der Waals surface area contributed by atoms with Crippen LogP contribution in [-0.4, -0.2) is 44.8 Å². The number of carboxylic acids is 1. The van der Waals surface area contributed by atoms with Gasteiger partial charge < -0.3 is 10.0 Å². The summed E-state index contributed by atoms with van der Waals surface area (Å²) in [4.78, 5) is 25.1. The largest absolute Gasteiger partial charge is 0.481 e. The van der Waals surface area contributed by atoms with Gasteiger partial charge in [0, 0.05) is 25.2 Å². The van der Waals surface area contributed by atoms with E-state index in [1.54, 1.807) is 4.90 Å². The fourth-order valence-corrected chi connectivity index (χ4v) is 2.97. The number of carbonyl (C=O) groups excluding carboxylic acids is 1. The first kappa shape index (κ1) is 15.5. The number of carboxylic acid groups (broad SMARTS) is 1. The van der Waals surface area contributed by atoms with Gasteiger partial charge in [-0.05, 0) is 39.7 Å². The van der Waals surface area contributed by atoms with Crippen LogP contribution >= 0.6 is 0 Å². The molecular formula is C15H23N3O3. The first-order chi connectivity index (χ1) is 9.88. The van der Waals surface area contributed by atoms with E-state index in [0.717, 1.165) is 17.8 Å². The summed E-state index contributed by atoms with van der Waals surface area (Å²) in [6, 6.07) is 1.97. The Balaban J connectivity index is 1.97. The van der Waals surface area contributed by atoms with Crippen molar-refractivity contribution in [1.29, 1.82) is 0 Å². The third-order valence-corrected chi connectivity index (χ3v) is 4.06. The van der Waals surface area contributed by atoms with Gasteiger partial charge in [-0.15, -0.1) is 0 Å². The lowest BCUT2D eigenvalue weighted by Crippen LogP contribution is -2.42. The van der Waals surface area contributed by atoms with Gasteiger partial charge >= 0.3 is 5.97 Å². The summed E-state index contributed by atoms with van der Waals surface area (Å²) in [7, 11) is 0. The van der Waals surface area contributed by atoms with Gasteiger partial charge in [-0.25, -0.2) is 0 Å². The smallest absolute Gasteiger partial charge is 0.308 e. The summed E-state index contributed by atoms with van der Waals surface area (Å²) in [5.41, 5.74) is 1.98. The third kappa shape index (κ3) is 3.62. The summed E-state index contributed by atoms with van der Waals surface area (Å²) >= 11 is 0. The van der Waals surface area contributed by atoms with Crippen LogP contribution in [-0.2, 0) is 9.59 Å². The molecule has 116 valence electrons. The molecule has 1 aromatic rings. The maximum atomic E-state index is 12.4. The molecule has 1 N–H and O–H groups in total. The fraction of sp³-hybridized carbons (Fsp3) is 0.667. The Bertz CT molecular complexity index is 538. The number of aliphatic carboxylic acids is 1. The molecule has 6 nitrogen and oxygen atoms in total. The van der Waals surface area contributed by atoms with Gasteiger partial charge in [0.25, 0.3) is 0 Å². The van der Waals surface area contributed by atoms with Crippen molar-refractivity contribution >= 4 is 11.9 Å². The van der Waals surface area contributed by atoms with Crippen LogP contribution in [0.2, 0.25) is 0 Å². The molecule has 2 rings (SSSR count). The average molecular weight is 293 g/mol. The Kier molecular flexibility index (Phi) is 4.65. The lowest BCUT2D eigenvalue weighted by molar-refractivity contribution is -0.145. The highest BCUT2D eigenvalue weighted by atomic mass is 16.4. The van der Waals surface area contributed by atoms with Gasteiger partial charge in [0.1, 0.15) is 0 Å². The van der Waals surface area contributed by atoms with E-state index in [1.807, 2.05) is 31.5 Å². The van der Waals surface area contributed by atoms with Crippen LogP contribution in [0.1, 0.15) is 43.6 Å². The van der Waals surface area contributed by atoms with E-state index >= 15 is 0 Å². The Labute approximate surface area is 124 Å². The van der Waals surface area contributed by atoms with E-state index in [1.165, 1.54) is 0 Å². The van der Waals surface area contributed by atoms with Crippen LogP contribution in [0.5, 0.6) is 0 Å². The van der Waals surface area contributed by atoms with E-state index in [9.17, 15) is 9.59 Å². The van der Waals surface area contributed by atoms with E-state index in [4.69, 9.17) is 5.11 Å². The van der Waals surface area contributed by atoms with Crippen LogP contribution in [0.15, 0.2) is 6.07 Å². The standard InChI is InChI=1S/C15H23N3O3/c1-10-7-11(2)18(16-10)12(3)8-14(19)17-6-4-5-13(9-17)15(20)21/h7,12-13H,4-6,8-9H2,1-3H3,(H,20,21)/t12?,13-/m0/s1. The monoisotopic (exact) mass is 293 g/mol. The molecule has 1 aromatic heterocycles. The molecule has 1 fully saturated rings. The van der Waals surface area contributed by atoms with Crippen LogP contribution in [0.25, 0.3) is 0 Å². The molecule has 0 spiro atoms. The number of hydrogen-bond donors (Lipinski definition) is 1. The maximum absolute atomic E-state index is 12.4. The third-order valence-electron chi connectivity index (χ3n) is 4.06. The minimum absolute atomic E-state index is 0.0148. The predicted octanol–water partition coefficient (Wildman–Crippen LogP) is 1.77. The van der Waals surface area contributed by atoms with Crippen molar-refractivity contribution in [3.8, 4) is 0 Å². The highest BCUT2D eigenvalue weighted by Gasteiger charge is 2.29. The lowest BCUT2D eigenvalue weighted by atomic mass is 9.98. The molecule has 6 heteroatoms. The predicted molar refractivity (Wildman–Crippen MR) is 78.0 cm³/mol. The number of aromatic nitrogens is 2. The van der Waals surface area contributed by atoms with Gasteiger partial charge in [-0.2, -0.15) is 5.10 Å². The SMILES string of the molecule is Cc1cc(C)n(C(C)CC(=O)N2CCC[C@H](C(=O)O)C2)n1. The first-order valence-corrected chi connectivity index (χ1v) is 7.42. The number of amides is 1. The molecule has 2 heterocycles. The minimum Gasteiger partial charge on any atom is -0.481 e. The van der Waals surface area contributed by atoms with Gasteiger partial charge in [0.05, 0.1) is 17.7 Å². The molecule has 1 amide bonds. The Morgan fingerprint density at radius 2 is 2.19 bits per heavy atom. The van der Waals surface area contributed by atoms with E-state index < -0.39 is 11.9 Å². The summed E-state index contributed by atoms with van der Waals surface area (Å²) in [5.74, 6) is -1.22. The number of carbonyl (C=O) groups is 2. The highest BCUT2D eigenvalue weighted by Crippen LogP contribution is 2.20. The fourth-order valence-electron chi connectivity index (χ4n) is 2.97. The molecule has 0 aromatic carbocycles. The number of aryl methyl sites for hydroxylation is 2. The van der Waals surface area contributed by atoms with E-state index in [0.29, 0.717) is 25.9 Å². The first-order valence-electron chi connectivity index (χ1n) is 7.42. The summed E-state index contributed by atoms with van der Waals surface area (Å²) in [6.07, 6.45) is 1.78. The average Bonchev–Trinajstić information content (AvgIpc) is 2.77. The second kappa shape index (κ2) is 6.28. The number of piperidine rings is 1. The van der Waals surface area contributed by atoms with Crippen molar-refractivity contribution in [3.05, 3.63) is 17.5 Å². The molecule has 0 aliphatic carbocycles. The highest BCUT2D eigenvalue weighted by molar-refractivity contribution is 5.78. The summed E-state index contributed by atoms with van der Waals surface area (Å²) in [5, 5.41) is 13.5. The van der Waals surface area contributed by atoms with Crippen LogP contribution < -0.4 is 0 Å². The molecule has 1 aliphatic heterocycles. The molecule has 0 saturated carbocycles. The lowest BCUT2D eigenvalue weighted by Gasteiger charge is -2.31. The van der Waals surface area contributed by atoms with Crippen molar-refractivity contribution in [2.45, 2.75) is 46.1 Å². The minimum atomic E-state index is -0.806. The molecule has 21 heavy (non-hydrogen) atoms. The Morgan fingerprint density at radius 1 is 1.48 bits per heavy atom. The molecule has 0 bridgehead atoms. The molecule has 2 atom stereocenters. The van der Waals surface area contributed by atoms with Crippen molar-refractivity contribution < 1.29 is 14.7 Å². The quantitative estimate of drug-likeness (QED) is 0.918. The second-order valence-electron chi connectivity index (χ2n) is 5.94.